The van der Waals surface area contributed by atoms with Crippen molar-refractivity contribution in [1.82, 2.24) is 4.57 Å². The Kier molecular flexibility index (Phi) is 3.82. The summed E-state index contributed by atoms with van der Waals surface area (Å²) in [6, 6.07) is 11.7. The van der Waals surface area contributed by atoms with Gasteiger partial charge < -0.3 is 4.57 Å². The van der Waals surface area contributed by atoms with Gasteiger partial charge in [-0.1, -0.05) is 25.1 Å². The summed E-state index contributed by atoms with van der Waals surface area (Å²) in [6.45, 7) is 4.01. The molecule has 0 aliphatic heterocycles. The SMILES string of the molecule is CCc1ccccc1-n1cc(CC#N)c(=O)cc1C. The summed E-state index contributed by atoms with van der Waals surface area (Å²) in [7, 11) is 0. The first-order valence-corrected chi connectivity index (χ1v) is 6.34. The number of para-hydroxylation sites is 1. The standard InChI is InChI=1S/C16H16N2O/c1-3-13-6-4-5-7-15(13)18-11-14(8-9-17)16(19)10-12(18)2/h4-7,10-11H,3,8H2,1-2H3. The molecule has 96 valence electrons. The Labute approximate surface area is 112 Å². The number of nitrogens with zero attached hydrogens (tertiary/aromatic N) is 2. The van der Waals surface area contributed by atoms with Crippen LogP contribution in [-0.2, 0) is 12.8 Å². The second-order valence-electron chi connectivity index (χ2n) is 4.49. The number of rotatable bonds is 3. The van der Waals surface area contributed by atoms with E-state index < -0.39 is 0 Å². The van der Waals surface area contributed by atoms with Crippen LogP contribution < -0.4 is 5.43 Å². The normalized spacial score (nSPS) is 10.2. The van der Waals surface area contributed by atoms with Gasteiger partial charge >= 0.3 is 0 Å². The first-order valence-electron chi connectivity index (χ1n) is 6.34. The Morgan fingerprint density at radius 2 is 2.00 bits per heavy atom. The van der Waals surface area contributed by atoms with Gasteiger partial charge in [0.25, 0.3) is 0 Å². The molecule has 1 aromatic heterocycles. The Hall–Kier alpha value is -2.34. The van der Waals surface area contributed by atoms with Crippen molar-refractivity contribution in [2.45, 2.75) is 26.7 Å². The van der Waals surface area contributed by atoms with Crippen molar-refractivity contribution in [2.75, 3.05) is 0 Å². The first kappa shape index (κ1) is 13.1. The minimum atomic E-state index is -0.0655. The molecule has 0 bridgehead atoms. The second kappa shape index (κ2) is 5.53. The maximum atomic E-state index is 11.8. The third-order valence-corrected chi connectivity index (χ3v) is 3.22. The van der Waals surface area contributed by atoms with Gasteiger partial charge in [0.15, 0.2) is 5.43 Å². The van der Waals surface area contributed by atoms with Gasteiger partial charge in [0.2, 0.25) is 0 Å². The fourth-order valence-corrected chi connectivity index (χ4v) is 2.20. The van der Waals surface area contributed by atoms with Gasteiger partial charge in [-0.15, -0.1) is 0 Å². The molecule has 19 heavy (non-hydrogen) atoms. The van der Waals surface area contributed by atoms with Crippen molar-refractivity contribution in [3.05, 3.63) is 63.6 Å². The molecule has 0 amide bonds. The van der Waals surface area contributed by atoms with Gasteiger partial charge in [-0.05, 0) is 25.0 Å². The lowest BCUT2D eigenvalue weighted by atomic mass is 10.1. The molecular weight excluding hydrogens is 236 g/mol. The number of aryl methyl sites for hydroxylation is 2. The van der Waals surface area contributed by atoms with Crippen molar-refractivity contribution in [3.8, 4) is 11.8 Å². The molecule has 1 heterocycles. The van der Waals surface area contributed by atoms with Crippen molar-refractivity contribution < 1.29 is 0 Å². The molecule has 0 atom stereocenters. The van der Waals surface area contributed by atoms with Gasteiger partial charge in [0.1, 0.15) is 0 Å². The lowest BCUT2D eigenvalue weighted by Gasteiger charge is -2.15. The summed E-state index contributed by atoms with van der Waals surface area (Å²) in [4.78, 5) is 11.8. The van der Waals surface area contributed by atoms with E-state index in [0.29, 0.717) is 5.56 Å². The first-order chi connectivity index (χ1) is 9.17. The molecular formula is C16H16N2O. The largest absolute Gasteiger partial charge is 0.320 e. The van der Waals surface area contributed by atoms with Gasteiger partial charge in [0.05, 0.1) is 12.5 Å². The van der Waals surface area contributed by atoms with Crippen LogP contribution in [-0.4, -0.2) is 4.57 Å². The van der Waals surface area contributed by atoms with Crippen molar-refractivity contribution >= 4 is 0 Å². The zero-order valence-electron chi connectivity index (χ0n) is 11.2. The van der Waals surface area contributed by atoms with E-state index in [1.807, 2.05) is 35.8 Å². The van der Waals surface area contributed by atoms with Gasteiger partial charge in [-0.25, -0.2) is 0 Å². The van der Waals surface area contributed by atoms with Crippen LogP contribution in [0.5, 0.6) is 0 Å². The highest BCUT2D eigenvalue weighted by molar-refractivity contribution is 5.43. The highest BCUT2D eigenvalue weighted by Crippen LogP contribution is 2.17. The molecule has 0 aliphatic carbocycles. The molecule has 0 saturated heterocycles. The third-order valence-electron chi connectivity index (χ3n) is 3.22. The van der Waals surface area contributed by atoms with E-state index in [1.165, 1.54) is 5.56 Å². The molecule has 0 N–H and O–H groups in total. The van der Waals surface area contributed by atoms with Crippen molar-refractivity contribution in [3.63, 3.8) is 0 Å². The highest BCUT2D eigenvalue weighted by atomic mass is 16.1. The molecule has 0 radical (unpaired) electrons. The van der Waals surface area contributed by atoms with E-state index in [0.717, 1.165) is 17.8 Å². The van der Waals surface area contributed by atoms with Crippen LogP contribution in [0.4, 0.5) is 0 Å². The Balaban J connectivity index is 2.65. The smallest absolute Gasteiger partial charge is 0.186 e. The van der Waals surface area contributed by atoms with Crippen LogP contribution in [0.3, 0.4) is 0 Å². The number of benzene rings is 1. The van der Waals surface area contributed by atoms with E-state index in [1.54, 1.807) is 12.3 Å². The zero-order valence-corrected chi connectivity index (χ0v) is 11.2. The molecule has 3 heteroatoms. The Morgan fingerprint density at radius 3 is 2.68 bits per heavy atom. The quantitative estimate of drug-likeness (QED) is 0.843. The summed E-state index contributed by atoms with van der Waals surface area (Å²) in [5, 5.41) is 8.78. The van der Waals surface area contributed by atoms with E-state index in [-0.39, 0.29) is 11.8 Å². The minimum absolute atomic E-state index is 0.0655. The van der Waals surface area contributed by atoms with Gasteiger partial charge in [-0.3, -0.25) is 4.79 Å². The molecule has 3 nitrogen and oxygen atoms in total. The minimum Gasteiger partial charge on any atom is -0.320 e. The lowest BCUT2D eigenvalue weighted by Crippen LogP contribution is -2.14. The summed E-state index contributed by atoms with van der Waals surface area (Å²) < 4.78 is 1.99. The molecule has 0 aliphatic rings. The molecule has 0 unspecified atom stereocenters. The van der Waals surface area contributed by atoms with E-state index >= 15 is 0 Å². The zero-order chi connectivity index (χ0) is 13.8. The summed E-state index contributed by atoms with van der Waals surface area (Å²) >= 11 is 0. The van der Waals surface area contributed by atoms with Crippen LogP contribution in [0, 0.1) is 18.3 Å². The fourth-order valence-electron chi connectivity index (χ4n) is 2.20. The van der Waals surface area contributed by atoms with Crippen molar-refractivity contribution in [2.24, 2.45) is 0 Å². The topological polar surface area (TPSA) is 45.8 Å². The van der Waals surface area contributed by atoms with Gasteiger partial charge in [0, 0.05) is 29.2 Å². The van der Waals surface area contributed by atoms with Crippen LogP contribution >= 0.6 is 0 Å². The summed E-state index contributed by atoms with van der Waals surface area (Å²) in [6.07, 6.45) is 2.86. The number of aromatic nitrogens is 1. The van der Waals surface area contributed by atoms with Crippen molar-refractivity contribution in [1.29, 1.82) is 5.26 Å². The molecule has 0 spiro atoms. The predicted octanol–water partition coefficient (Wildman–Crippen LogP) is 2.77. The third kappa shape index (κ3) is 2.58. The average molecular weight is 252 g/mol. The monoisotopic (exact) mass is 252 g/mol. The van der Waals surface area contributed by atoms with E-state index in [2.05, 4.69) is 13.0 Å². The van der Waals surface area contributed by atoms with Crippen LogP contribution in [0.25, 0.3) is 5.69 Å². The van der Waals surface area contributed by atoms with Crippen LogP contribution in [0.15, 0.2) is 41.3 Å². The van der Waals surface area contributed by atoms with Gasteiger partial charge in [-0.2, -0.15) is 5.26 Å². The highest BCUT2D eigenvalue weighted by Gasteiger charge is 2.07. The van der Waals surface area contributed by atoms with E-state index in [4.69, 9.17) is 5.26 Å². The van der Waals surface area contributed by atoms with Crippen LogP contribution in [0.1, 0.15) is 23.7 Å². The second-order valence-corrected chi connectivity index (χ2v) is 4.49. The lowest BCUT2D eigenvalue weighted by molar-refractivity contribution is 0.926. The summed E-state index contributed by atoms with van der Waals surface area (Å²) in [5.41, 5.74) is 3.65. The summed E-state index contributed by atoms with van der Waals surface area (Å²) in [5.74, 6) is 0. The number of hydrogen-bond donors (Lipinski definition) is 0. The maximum absolute atomic E-state index is 11.8. The Morgan fingerprint density at radius 1 is 1.26 bits per heavy atom. The molecule has 2 aromatic rings. The maximum Gasteiger partial charge on any atom is 0.186 e. The molecule has 0 saturated carbocycles. The molecule has 2 rings (SSSR count). The molecule has 0 fully saturated rings. The number of nitriles is 1. The Bertz CT molecular complexity index is 693. The fraction of sp³-hybridized carbons (Fsp3) is 0.250. The predicted molar refractivity (Wildman–Crippen MR) is 75.5 cm³/mol. The molecule has 1 aromatic carbocycles. The number of pyridine rings is 1. The average Bonchev–Trinajstić information content (AvgIpc) is 2.42. The number of hydrogen-bond acceptors (Lipinski definition) is 2. The van der Waals surface area contributed by atoms with Crippen LogP contribution in [0.2, 0.25) is 0 Å². The van der Waals surface area contributed by atoms with E-state index in [9.17, 15) is 4.79 Å².